The molecule has 80 valence electrons. The van der Waals surface area contributed by atoms with Gasteiger partial charge >= 0.3 is 0 Å². The monoisotopic (exact) mass is 206 g/mol. The van der Waals surface area contributed by atoms with Crippen molar-refractivity contribution >= 4 is 11.6 Å². The van der Waals surface area contributed by atoms with Crippen molar-refractivity contribution in [1.82, 2.24) is 10.9 Å². The molecule has 0 aromatic heterocycles. The van der Waals surface area contributed by atoms with Gasteiger partial charge in [0.1, 0.15) is 5.75 Å². The molecule has 1 aromatic rings. The van der Waals surface area contributed by atoms with Crippen LogP contribution in [0.2, 0.25) is 0 Å². The summed E-state index contributed by atoms with van der Waals surface area (Å²) in [5.41, 5.74) is 6.63. The van der Waals surface area contributed by atoms with Crippen LogP contribution in [0.4, 0.5) is 0 Å². The van der Waals surface area contributed by atoms with Gasteiger partial charge in [0, 0.05) is 12.5 Å². The maximum Gasteiger partial charge on any atom is 0.235 e. The van der Waals surface area contributed by atoms with Gasteiger partial charge in [0.2, 0.25) is 5.91 Å². The van der Waals surface area contributed by atoms with Crippen molar-refractivity contribution in [3.05, 3.63) is 36.4 Å². The second-order valence-electron chi connectivity index (χ2n) is 3.02. The molecule has 1 rings (SSSR count). The van der Waals surface area contributed by atoms with Gasteiger partial charge in [-0.05, 0) is 12.1 Å². The number of nitrogens with one attached hydrogen (secondary N) is 2. The molecule has 0 atom stereocenters. The van der Waals surface area contributed by atoms with E-state index in [0.717, 1.165) is 11.3 Å². The van der Waals surface area contributed by atoms with Crippen molar-refractivity contribution < 1.29 is 9.53 Å². The molecule has 0 heterocycles. The molecule has 0 saturated carbocycles. The van der Waals surface area contributed by atoms with Gasteiger partial charge in [-0.2, -0.15) is 0 Å². The van der Waals surface area contributed by atoms with Gasteiger partial charge in [0.15, 0.2) is 0 Å². The minimum absolute atomic E-state index is 0.168. The first kappa shape index (κ1) is 11.1. The van der Waals surface area contributed by atoms with E-state index in [9.17, 15) is 4.79 Å². The quantitative estimate of drug-likeness (QED) is 0.730. The zero-order valence-corrected chi connectivity index (χ0v) is 8.83. The molecule has 4 nitrogen and oxygen atoms in total. The lowest BCUT2D eigenvalue weighted by atomic mass is 10.2. The second kappa shape index (κ2) is 5.05. The Labute approximate surface area is 88.9 Å². The number of rotatable bonds is 4. The van der Waals surface area contributed by atoms with Crippen LogP contribution in [-0.2, 0) is 4.79 Å². The normalized spacial score (nSPS) is 9.20. The van der Waals surface area contributed by atoms with Crippen molar-refractivity contribution in [1.29, 1.82) is 0 Å². The number of hydrazine groups is 1. The molecule has 1 amide bonds. The van der Waals surface area contributed by atoms with Crippen molar-refractivity contribution in [3.8, 4) is 5.75 Å². The van der Waals surface area contributed by atoms with E-state index in [1.807, 2.05) is 24.3 Å². The fourth-order valence-corrected chi connectivity index (χ4v) is 1.05. The molecule has 0 unspecified atom stereocenters. The zero-order chi connectivity index (χ0) is 11.3. The Morgan fingerprint density at radius 2 is 2.13 bits per heavy atom. The van der Waals surface area contributed by atoms with Gasteiger partial charge in [-0.3, -0.25) is 15.6 Å². The maximum atomic E-state index is 10.7. The molecule has 1 aromatic carbocycles. The molecule has 15 heavy (non-hydrogen) atoms. The van der Waals surface area contributed by atoms with Crippen LogP contribution in [0.15, 0.2) is 30.8 Å². The number of benzene rings is 1. The summed E-state index contributed by atoms with van der Waals surface area (Å²) in [5, 5.41) is 0. The van der Waals surface area contributed by atoms with Crippen LogP contribution < -0.4 is 15.6 Å². The van der Waals surface area contributed by atoms with Crippen LogP contribution in [0.3, 0.4) is 0 Å². The Kier molecular flexibility index (Phi) is 3.74. The molecule has 0 spiro atoms. The summed E-state index contributed by atoms with van der Waals surface area (Å²) in [6.45, 7) is 5.21. The third-order valence-electron chi connectivity index (χ3n) is 1.81. The summed E-state index contributed by atoms with van der Waals surface area (Å²) < 4.78 is 5.07. The Balaban J connectivity index is 2.69. The van der Waals surface area contributed by atoms with Crippen molar-refractivity contribution in [2.75, 3.05) is 7.11 Å². The number of hydrogen-bond donors (Lipinski definition) is 2. The number of hydrogen-bond acceptors (Lipinski definition) is 3. The van der Waals surface area contributed by atoms with Gasteiger partial charge in [0.05, 0.1) is 12.8 Å². The molecule has 4 heteroatoms. The van der Waals surface area contributed by atoms with Crippen molar-refractivity contribution in [3.63, 3.8) is 0 Å². The molecule has 0 bridgehead atoms. The Bertz CT molecular complexity index is 375. The summed E-state index contributed by atoms with van der Waals surface area (Å²) in [6.07, 6.45) is 0. The highest BCUT2D eigenvalue weighted by Crippen LogP contribution is 2.16. The Morgan fingerprint density at radius 3 is 2.73 bits per heavy atom. The predicted octanol–water partition coefficient (Wildman–Crippen LogP) is 1.31. The van der Waals surface area contributed by atoms with Gasteiger partial charge in [-0.25, -0.2) is 0 Å². The maximum absolute atomic E-state index is 10.7. The molecule has 0 radical (unpaired) electrons. The lowest BCUT2D eigenvalue weighted by molar-refractivity contribution is -0.119. The number of methoxy groups -OCH3 is 1. The Hall–Kier alpha value is -1.97. The van der Waals surface area contributed by atoms with E-state index < -0.39 is 0 Å². The Morgan fingerprint density at radius 1 is 1.40 bits per heavy atom. The van der Waals surface area contributed by atoms with Crippen molar-refractivity contribution in [2.24, 2.45) is 0 Å². The number of carbonyl (C=O) groups is 1. The standard InChI is InChI=1S/C11H14N2O2/c1-8(12-13-9(2)14)10-5-4-6-11(7-10)15-3/h4-7,12H,1H2,2-3H3,(H,13,14). The predicted molar refractivity (Wildman–Crippen MR) is 59.0 cm³/mol. The molecule has 0 saturated heterocycles. The van der Waals surface area contributed by atoms with Gasteiger partial charge < -0.3 is 4.74 Å². The fraction of sp³-hybridized carbons (Fsp3) is 0.182. The minimum Gasteiger partial charge on any atom is -0.497 e. The first-order valence-corrected chi connectivity index (χ1v) is 4.49. The van der Waals surface area contributed by atoms with Crippen LogP contribution in [-0.4, -0.2) is 13.0 Å². The summed E-state index contributed by atoms with van der Waals surface area (Å²) in [5.74, 6) is 0.581. The summed E-state index contributed by atoms with van der Waals surface area (Å²) in [7, 11) is 1.60. The topological polar surface area (TPSA) is 50.4 Å². The van der Waals surface area contributed by atoms with Gasteiger partial charge in [-0.1, -0.05) is 18.7 Å². The number of carbonyl (C=O) groups excluding carboxylic acids is 1. The SMILES string of the molecule is C=C(NNC(C)=O)c1cccc(OC)c1. The van der Waals surface area contributed by atoms with E-state index in [2.05, 4.69) is 17.4 Å². The average molecular weight is 206 g/mol. The van der Waals surface area contributed by atoms with E-state index in [0.29, 0.717) is 5.70 Å². The second-order valence-corrected chi connectivity index (χ2v) is 3.02. The van der Waals surface area contributed by atoms with Crippen LogP contribution in [0.25, 0.3) is 5.70 Å². The molecule has 0 aliphatic heterocycles. The van der Waals surface area contributed by atoms with Gasteiger partial charge in [-0.15, -0.1) is 0 Å². The smallest absolute Gasteiger partial charge is 0.235 e. The average Bonchev–Trinajstić information content (AvgIpc) is 2.26. The number of amides is 1. The zero-order valence-electron chi connectivity index (χ0n) is 8.83. The first-order valence-electron chi connectivity index (χ1n) is 4.49. The highest BCUT2D eigenvalue weighted by atomic mass is 16.5. The highest BCUT2D eigenvalue weighted by molar-refractivity contribution is 5.74. The van der Waals surface area contributed by atoms with E-state index in [1.165, 1.54) is 6.92 Å². The molecule has 0 aliphatic rings. The summed E-state index contributed by atoms with van der Waals surface area (Å²) in [4.78, 5) is 10.7. The van der Waals surface area contributed by atoms with E-state index >= 15 is 0 Å². The van der Waals surface area contributed by atoms with Crippen molar-refractivity contribution in [2.45, 2.75) is 6.92 Å². The molecular formula is C11H14N2O2. The molecule has 2 N–H and O–H groups in total. The van der Waals surface area contributed by atoms with E-state index in [-0.39, 0.29) is 5.91 Å². The lowest BCUT2D eigenvalue weighted by Crippen LogP contribution is -2.33. The van der Waals surface area contributed by atoms with Crippen LogP contribution >= 0.6 is 0 Å². The third-order valence-corrected chi connectivity index (χ3v) is 1.81. The largest absolute Gasteiger partial charge is 0.497 e. The fourth-order valence-electron chi connectivity index (χ4n) is 1.05. The summed E-state index contributed by atoms with van der Waals surface area (Å²) >= 11 is 0. The molecule has 0 aliphatic carbocycles. The van der Waals surface area contributed by atoms with Crippen LogP contribution in [0.1, 0.15) is 12.5 Å². The van der Waals surface area contributed by atoms with Gasteiger partial charge in [0.25, 0.3) is 0 Å². The van der Waals surface area contributed by atoms with E-state index in [4.69, 9.17) is 4.74 Å². The summed E-state index contributed by atoms with van der Waals surface area (Å²) in [6, 6.07) is 7.40. The third kappa shape index (κ3) is 3.34. The number of ether oxygens (including phenoxy) is 1. The van der Waals surface area contributed by atoms with E-state index in [1.54, 1.807) is 7.11 Å². The van der Waals surface area contributed by atoms with Crippen LogP contribution in [0, 0.1) is 0 Å². The molecular weight excluding hydrogens is 192 g/mol. The molecule has 0 fully saturated rings. The lowest BCUT2D eigenvalue weighted by Gasteiger charge is -2.10. The van der Waals surface area contributed by atoms with Crippen LogP contribution in [0.5, 0.6) is 5.75 Å². The highest BCUT2D eigenvalue weighted by Gasteiger charge is 2.00. The minimum atomic E-state index is -0.168. The first-order chi connectivity index (χ1) is 7.13.